The fourth-order valence-electron chi connectivity index (χ4n) is 1.74. The van der Waals surface area contributed by atoms with Gasteiger partial charge in [0, 0.05) is 6.08 Å². The Morgan fingerprint density at radius 1 is 1.19 bits per heavy atom. The highest BCUT2D eigenvalue weighted by Crippen LogP contribution is 2.58. The molecule has 0 rings (SSSR count). The van der Waals surface area contributed by atoms with Gasteiger partial charge in [-0.1, -0.05) is 6.92 Å². The summed E-state index contributed by atoms with van der Waals surface area (Å²) in [6.07, 6.45) is -4.72. The van der Waals surface area contributed by atoms with E-state index in [0.29, 0.717) is 6.08 Å². The SMILES string of the molecule is CCOP(=O)(OCC)C(CC)/C(=C/C(=O)OC)C(F)(F)F. The maximum absolute atomic E-state index is 13.2. The maximum atomic E-state index is 13.2. The molecule has 0 aliphatic heterocycles. The first-order chi connectivity index (χ1) is 9.66. The lowest BCUT2D eigenvalue weighted by atomic mass is 10.1. The predicted octanol–water partition coefficient (Wildman–Crippen LogP) is 3.69. The average Bonchev–Trinajstić information content (AvgIpc) is 2.37. The van der Waals surface area contributed by atoms with Crippen molar-refractivity contribution in [2.45, 2.75) is 39.0 Å². The van der Waals surface area contributed by atoms with E-state index in [1.54, 1.807) is 0 Å². The van der Waals surface area contributed by atoms with Crippen LogP contribution >= 0.6 is 7.60 Å². The molecule has 0 aliphatic carbocycles. The van der Waals surface area contributed by atoms with Crippen molar-refractivity contribution >= 4 is 13.6 Å². The number of methoxy groups -OCH3 is 1. The number of esters is 1. The third-order valence-corrected chi connectivity index (χ3v) is 5.19. The zero-order valence-corrected chi connectivity index (χ0v) is 13.3. The first-order valence-corrected chi connectivity index (χ1v) is 8.02. The minimum Gasteiger partial charge on any atom is -0.466 e. The highest BCUT2D eigenvalue weighted by atomic mass is 31.2. The van der Waals surface area contributed by atoms with Gasteiger partial charge in [-0.2, -0.15) is 13.2 Å². The van der Waals surface area contributed by atoms with E-state index < -0.39 is 31.0 Å². The number of alkyl halides is 3. The van der Waals surface area contributed by atoms with Crippen LogP contribution in [0.25, 0.3) is 0 Å². The van der Waals surface area contributed by atoms with Gasteiger partial charge in [-0.15, -0.1) is 0 Å². The summed E-state index contributed by atoms with van der Waals surface area (Å²) >= 11 is 0. The van der Waals surface area contributed by atoms with E-state index in [1.165, 1.54) is 20.8 Å². The molecule has 1 atom stereocenters. The second-order valence-corrected chi connectivity index (χ2v) is 6.14. The van der Waals surface area contributed by atoms with Crippen LogP contribution in [0.3, 0.4) is 0 Å². The van der Waals surface area contributed by atoms with Gasteiger partial charge >= 0.3 is 19.7 Å². The van der Waals surface area contributed by atoms with Crippen LogP contribution in [0.5, 0.6) is 0 Å². The van der Waals surface area contributed by atoms with Crippen LogP contribution in [0.2, 0.25) is 0 Å². The Balaban J connectivity index is 5.85. The topological polar surface area (TPSA) is 61.8 Å². The van der Waals surface area contributed by atoms with Gasteiger partial charge in [-0.3, -0.25) is 4.57 Å². The molecular weight excluding hydrogens is 312 g/mol. The third-order valence-electron chi connectivity index (χ3n) is 2.55. The van der Waals surface area contributed by atoms with Crippen LogP contribution in [0.1, 0.15) is 27.2 Å². The summed E-state index contributed by atoms with van der Waals surface area (Å²) in [5.74, 6) is -1.18. The first kappa shape index (κ1) is 20.1. The van der Waals surface area contributed by atoms with E-state index >= 15 is 0 Å². The summed E-state index contributed by atoms with van der Waals surface area (Å²) in [6.45, 7) is 4.26. The fourth-order valence-corrected chi connectivity index (χ4v) is 3.91. The van der Waals surface area contributed by atoms with Crippen LogP contribution in [0.15, 0.2) is 11.6 Å². The number of ether oxygens (including phenoxy) is 1. The van der Waals surface area contributed by atoms with E-state index in [0.717, 1.165) is 7.11 Å². The number of carbonyl (C=O) groups excluding carboxylic acids is 1. The van der Waals surface area contributed by atoms with Crippen LogP contribution in [0.4, 0.5) is 13.2 Å². The quantitative estimate of drug-likeness (QED) is 0.385. The molecule has 0 N–H and O–H groups in total. The molecule has 0 aromatic carbocycles. The molecule has 124 valence electrons. The number of rotatable bonds is 8. The van der Waals surface area contributed by atoms with Gasteiger partial charge in [0.1, 0.15) is 0 Å². The van der Waals surface area contributed by atoms with Crippen molar-refractivity contribution in [2.75, 3.05) is 20.3 Å². The summed E-state index contributed by atoms with van der Waals surface area (Å²) < 4.78 is 66.2. The largest absolute Gasteiger partial charge is 0.466 e. The zero-order chi connectivity index (χ0) is 16.7. The van der Waals surface area contributed by atoms with Gasteiger partial charge in [-0.25, -0.2) is 4.79 Å². The van der Waals surface area contributed by atoms with E-state index in [1.807, 2.05) is 0 Å². The van der Waals surface area contributed by atoms with E-state index in [2.05, 4.69) is 4.74 Å². The van der Waals surface area contributed by atoms with Crippen LogP contribution in [-0.4, -0.2) is 38.1 Å². The van der Waals surface area contributed by atoms with Crippen LogP contribution in [0, 0.1) is 0 Å². The van der Waals surface area contributed by atoms with Crippen molar-refractivity contribution in [1.29, 1.82) is 0 Å². The number of carbonyl (C=O) groups is 1. The fraction of sp³-hybridized carbons (Fsp3) is 0.750. The second kappa shape index (κ2) is 8.56. The Bertz CT molecular complexity index is 410. The monoisotopic (exact) mass is 332 g/mol. The van der Waals surface area contributed by atoms with Gasteiger partial charge in [0.15, 0.2) is 0 Å². The van der Waals surface area contributed by atoms with E-state index in [9.17, 15) is 22.5 Å². The Kier molecular flexibility index (Phi) is 8.21. The minimum atomic E-state index is -4.85. The predicted molar refractivity (Wildman–Crippen MR) is 71.1 cm³/mol. The zero-order valence-electron chi connectivity index (χ0n) is 12.4. The summed E-state index contributed by atoms with van der Waals surface area (Å²) in [4.78, 5) is 11.2. The third kappa shape index (κ3) is 5.80. The number of allylic oxidation sites excluding steroid dienone is 1. The first-order valence-electron chi connectivity index (χ1n) is 6.41. The van der Waals surface area contributed by atoms with Crippen LogP contribution < -0.4 is 0 Å². The Morgan fingerprint density at radius 2 is 1.67 bits per heavy atom. The summed E-state index contributed by atoms with van der Waals surface area (Å²) in [6, 6.07) is 0. The van der Waals surface area contributed by atoms with Crippen molar-refractivity contribution < 1.29 is 36.3 Å². The standard InChI is InChI=1S/C12H20F3O5P/c1-5-10(21(17,19-6-2)20-7-3)9(12(13,14)15)8-11(16)18-4/h8,10H,5-7H2,1-4H3/b9-8-. The van der Waals surface area contributed by atoms with Crippen molar-refractivity contribution in [3.05, 3.63) is 11.6 Å². The minimum absolute atomic E-state index is 0.0723. The van der Waals surface area contributed by atoms with E-state index in [-0.39, 0.29) is 19.6 Å². The molecule has 0 bridgehead atoms. The highest BCUT2D eigenvalue weighted by Gasteiger charge is 2.48. The molecule has 1 unspecified atom stereocenters. The van der Waals surface area contributed by atoms with Gasteiger partial charge in [0.25, 0.3) is 0 Å². The Morgan fingerprint density at radius 3 is 1.95 bits per heavy atom. The molecule has 21 heavy (non-hydrogen) atoms. The molecule has 9 heteroatoms. The lowest BCUT2D eigenvalue weighted by Gasteiger charge is -2.28. The molecule has 5 nitrogen and oxygen atoms in total. The molecule has 0 aromatic heterocycles. The molecule has 0 amide bonds. The van der Waals surface area contributed by atoms with Gasteiger partial charge in [-0.05, 0) is 20.3 Å². The molecular formula is C12H20F3O5P. The van der Waals surface area contributed by atoms with Crippen molar-refractivity contribution in [3.63, 3.8) is 0 Å². The van der Waals surface area contributed by atoms with Crippen molar-refractivity contribution in [1.82, 2.24) is 0 Å². The van der Waals surface area contributed by atoms with E-state index in [4.69, 9.17) is 9.05 Å². The number of hydrogen-bond acceptors (Lipinski definition) is 5. The molecule has 0 heterocycles. The molecule has 0 radical (unpaired) electrons. The number of hydrogen-bond donors (Lipinski definition) is 0. The molecule has 0 aromatic rings. The Labute approximate surface area is 122 Å². The smallest absolute Gasteiger partial charge is 0.413 e. The van der Waals surface area contributed by atoms with Crippen LogP contribution in [-0.2, 0) is 23.1 Å². The highest BCUT2D eigenvalue weighted by molar-refractivity contribution is 7.55. The second-order valence-electron chi connectivity index (χ2n) is 3.92. The van der Waals surface area contributed by atoms with Crippen molar-refractivity contribution in [3.8, 4) is 0 Å². The van der Waals surface area contributed by atoms with Gasteiger partial charge < -0.3 is 13.8 Å². The number of halogens is 3. The lowest BCUT2D eigenvalue weighted by molar-refractivity contribution is -0.136. The molecule has 0 saturated heterocycles. The normalized spacial score (nSPS) is 14.9. The maximum Gasteiger partial charge on any atom is 0.413 e. The average molecular weight is 332 g/mol. The van der Waals surface area contributed by atoms with Gasteiger partial charge in [0.2, 0.25) is 0 Å². The summed E-state index contributed by atoms with van der Waals surface area (Å²) in [5, 5.41) is 0. The molecule has 0 saturated carbocycles. The van der Waals surface area contributed by atoms with Gasteiger partial charge in [0.05, 0.1) is 31.6 Å². The lowest BCUT2D eigenvalue weighted by Crippen LogP contribution is -2.27. The Hall–Kier alpha value is -0.850. The summed E-state index contributed by atoms with van der Waals surface area (Å²) in [5.41, 5.74) is -2.86. The molecule has 0 spiro atoms. The molecule has 0 fully saturated rings. The molecule has 0 aliphatic rings. The van der Waals surface area contributed by atoms with Crippen molar-refractivity contribution in [2.24, 2.45) is 0 Å². The summed E-state index contributed by atoms with van der Waals surface area (Å²) in [7, 11) is -3.09.